The third-order valence-electron chi connectivity index (χ3n) is 5.95. The second-order valence-corrected chi connectivity index (χ2v) is 9.61. The third kappa shape index (κ3) is 5.96. The molecule has 3 aromatic rings. The Kier molecular flexibility index (Phi) is 7.63. The Labute approximate surface area is 208 Å². The maximum Gasteiger partial charge on any atom is 0.341 e. The lowest BCUT2D eigenvalue weighted by molar-refractivity contribution is -0.117. The van der Waals surface area contributed by atoms with Crippen molar-refractivity contribution in [1.29, 1.82) is 0 Å². The van der Waals surface area contributed by atoms with Crippen molar-refractivity contribution in [2.24, 2.45) is 5.73 Å². The molecule has 1 heterocycles. The molecule has 0 aliphatic heterocycles. The summed E-state index contributed by atoms with van der Waals surface area (Å²) in [4.78, 5) is 40.3. The van der Waals surface area contributed by atoms with Gasteiger partial charge in [-0.2, -0.15) is 0 Å². The molecule has 1 aliphatic carbocycles. The van der Waals surface area contributed by atoms with Gasteiger partial charge in [-0.1, -0.05) is 42.5 Å². The number of nitrogens with one attached hydrogen (secondary N) is 1. The molecular weight excluding hydrogens is 462 g/mol. The molecule has 8 heteroatoms. The van der Waals surface area contributed by atoms with Gasteiger partial charge >= 0.3 is 5.97 Å². The lowest BCUT2D eigenvalue weighted by atomic mass is 10.1. The first kappa shape index (κ1) is 24.6. The number of benzene rings is 2. The van der Waals surface area contributed by atoms with Gasteiger partial charge in [0.15, 0.2) is 0 Å². The van der Waals surface area contributed by atoms with E-state index in [9.17, 15) is 14.4 Å². The van der Waals surface area contributed by atoms with Crippen molar-refractivity contribution in [1.82, 2.24) is 4.90 Å². The zero-order valence-corrected chi connectivity index (χ0v) is 20.7. The van der Waals surface area contributed by atoms with Crippen LogP contribution in [0, 0.1) is 6.92 Å². The number of primary amides is 1. The smallest absolute Gasteiger partial charge is 0.341 e. The molecule has 0 unspecified atom stereocenters. The fourth-order valence-electron chi connectivity index (χ4n) is 4.03. The third-order valence-corrected chi connectivity index (χ3v) is 7.21. The van der Waals surface area contributed by atoms with Gasteiger partial charge in [-0.15, -0.1) is 11.3 Å². The molecule has 1 saturated carbocycles. The van der Waals surface area contributed by atoms with Gasteiger partial charge in [0.05, 0.1) is 18.7 Å². The summed E-state index contributed by atoms with van der Waals surface area (Å²) in [5.74, 6) is -1.09. The number of amides is 2. The summed E-state index contributed by atoms with van der Waals surface area (Å²) in [5, 5.41) is 3.49. The second kappa shape index (κ2) is 10.8. The molecule has 0 atom stereocenters. The van der Waals surface area contributed by atoms with Crippen molar-refractivity contribution in [2.45, 2.75) is 39.3 Å². The fraction of sp³-hybridized carbons (Fsp3) is 0.296. The summed E-state index contributed by atoms with van der Waals surface area (Å²) in [7, 11) is 0. The molecule has 0 spiro atoms. The molecule has 1 aromatic heterocycles. The minimum absolute atomic E-state index is 0.183. The van der Waals surface area contributed by atoms with Crippen LogP contribution in [0.15, 0.2) is 54.6 Å². The van der Waals surface area contributed by atoms with Crippen LogP contribution in [0.4, 0.5) is 5.00 Å². The maximum absolute atomic E-state index is 13.1. The molecule has 1 fully saturated rings. The van der Waals surface area contributed by atoms with E-state index in [1.165, 1.54) is 11.3 Å². The summed E-state index contributed by atoms with van der Waals surface area (Å²) in [6.45, 7) is 4.68. The van der Waals surface area contributed by atoms with E-state index in [4.69, 9.17) is 10.5 Å². The number of ether oxygens (including phenoxy) is 1. The summed E-state index contributed by atoms with van der Waals surface area (Å²) in [6, 6.07) is 17.3. The maximum atomic E-state index is 13.1. The molecule has 0 bridgehead atoms. The first-order valence-electron chi connectivity index (χ1n) is 11.7. The van der Waals surface area contributed by atoms with Gasteiger partial charge in [-0.3, -0.25) is 14.5 Å². The van der Waals surface area contributed by atoms with Crippen molar-refractivity contribution < 1.29 is 19.1 Å². The van der Waals surface area contributed by atoms with E-state index in [1.54, 1.807) is 19.1 Å². The van der Waals surface area contributed by atoms with Gasteiger partial charge in [0, 0.05) is 23.0 Å². The van der Waals surface area contributed by atoms with Gasteiger partial charge in [0.2, 0.25) is 11.8 Å². The second-order valence-electron chi connectivity index (χ2n) is 8.59. The Bertz CT molecular complexity index is 1220. The summed E-state index contributed by atoms with van der Waals surface area (Å²) < 4.78 is 5.29. The van der Waals surface area contributed by atoms with E-state index in [2.05, 4.69) is 10.2 Å². The number of hydrogen-bond acceptors (Lipinski definition) is 6. The van der Waals surface area contributed by atoms with E-state index in [0.717, 1.165) is 34.4 Å². The largest absolute Gasteiger partial charge is 0.462 e. The monoisotopic (exact) mass is 491 g/mol. The van der Waals surface area contributed by atoms with Crippen LogP contribution in [0.2, 0.25) is 0 Å². The predicted molar refractivity (Wildman–Crippen MR) is 137 cm³/mol. The standard InChI is InChI=1S/C27H29N3O4S/c1-3-34-27(33)23-17(2)24(19-7-5-4-6-8-19)35-26(23)29-22(31)16-30(21-13-14-21)15-18-9-11-20(12-10-18)25(28)32/h4-12,21H,3,13-16H2,1-2H3,(H2,28,32)(H,29,31). The van der Waals surface area contributed by atoms with Gasteiger partial charge in [-0.05, 0) is 55.5 Å². The molecule has 2 amide bonds. The van der Waals surface area contributed by atoms with Gasteiger partial charge < -0.3 is 15.8 Å². The lowest BCUT2D eigenvalue weighted by Crippen LogP contribution is -2.34. The molecular formula is C27H29N3O4S. The van der Waals surface area contributed by atoms with Gasteiger partial charge in [-0.25, -0.2) is 4.79 Å². The van der Waals surface area contributed by atoms with Crippen molar-refractivity contribution >= 4 is 34.1 Å². The molecule has 2 aromatic carbocycles. The minimum atomic E-state index is -0.464. The number of carbonyl (C=O) groups excluding carboxylic acids is 3. The number of nitrogens with two attached hydrogens (primary N) is 1. The molecule has 0 radical (unpaired) electrons. The minimum Gasteiger partial charge on any atom is -0.462 e. The number of nitrogens with zero attached hydrogens (tertiary/aromatic N) is 1. The fourth-order valence-corrected chi connectivity index (χ4v) is 5.25. The van der Waals surface area contributed by atoms with Gasteiger partial charge in [0.1, 0.15) is 5.00 Å². The highest BCUT2D eigenvalue weighted by atomic mass is 32.1. The zero-order chi connectivity index (χ0) is 24.9. The Hall–Kier alpha value is -3.49. The van der Waals surface area contributed by atoms with Crippen molar-refractivity contribution in [3.63, 3.8) is 0 Å². The van der Waals surface area contributed by atoms with Crippen LogP contribution in [-0.2, 0) is 16.1 Å². The Morgan fingerprint density at radius 2 is 1.77 bits per heavy atom. The molecule has 3 N–H and O–H groups in total. The lowest BCUT2D eigenvalue weighted by Gasteiger charge is -2.21. The summed E-state index contributed by atoms with van der Waals surface area (Å²) >= 11 is 1.39. The molecule has 4 rings (SSSR count). The van der Waals surface area contributed by atoms with Crippen molar-refractivity contribution in [2.75, 3.05) is 18.5 Å². The Balaban J connectivity index is 1.52. The number of rotatable bonds is 10. The van der Waals surface area contributed by atoms with Crippen molar-refractivity contribution in [3.05, 3.63) is 76.9 Å². The van der Waals surface area contributed by atoms with Crippen LogP contribution in [0.1, 0.15) is 51.6 Å². The quantitative estimate of drug-likeness (QED) is 0.404. The number of carbonyl (C=O) groups is 3. The molecule has 182 valence electrons. The highest BCUT2D eigenvalue weighted by Crippen LogP contribution is 2.40. The average molecular weight is 492 g/mol. The van der Waals surface area contributed by atoms with Crippen LogP contribution in [0.5, 0.6) is 0 Å². The summed E-state index contributed by atoms with van der Waals surface area (Å²) in [6.07, 6.45) is 2.08. The van der Waals surface area contributed by atoms with Crippen LogP contribution in [0.3, 0.4) is 0 Å². The first-order chi connectivity index (χ1) is 16.9. The number of hydrogen-bond donors (Lipinski definition) is 2. The predicted octanol–water partition coefficient (Wildman–Crippen LogP) is 4.60. The van der Waals surface area contributed by atoms with E-state index in [1.807, 2.05) is 49.4 Å². The Morgan fingerprint density at radius 3 is 2.37 bits per heavy atom. The normalized spacial score (nSPS) is 13.0. The van der Waals surface area contributed by atoms with E-state index < -0.39 is 11.9 Å². The SMILES string of the molecule is CCOC(=O)c1c(NC(=O)CN(Cc2ccc(C(N)=O)cc2)C2CC2)sc(-c2ccccc2)c1C. The topological polar surface area (TPSA) is 102 Å². The number of esters is 1. The highest BCUT2D eigenvalue weighted by molar-refractivity contribution is 7.20. The van der Waals surface area contributed by atoms with E-state index in [-0.39, 0.29) is 19.1 Å². The molecule has 35 heavy (non-hydrogen) atoms. The highest BCUT2D eigenvalue weighted by Gasteiger charge is 2.31. The number of thiophene rings is 1. The number of anilines is 1. The first-order valence-corrected chi connectivity index (χ1v) is 12.5. The van der Waals surface area contributed by atoms with Crippen LogP contribution in [-0.4, -0.2) is 41.9 Å². The molecule has 0 saturated heterocycles. The van der Waals surface area contributed by atoms with Crippen LogP contribution < -0.4 is 11.1 Å². The zero-order valence-electron chi connectivity index (χ0n) is 19.9. The molecule has 1 aliphatic rings. The van der Waals surface area contributed by atoms with E-state index >= 15 is 0 Å². The van der Waals surface area contributed by atoms with Gasteiger partial charge in [0.25, 0.3) is 0 Å². The molecule has 7 nitrogen and oxygen atoms in total. The summed E-state index contributed by atoms with van der Waals surface area (Å²) in [5.41, 5.74) is 8.97. The van der Waals surface area contributed by atoms with Crippen molar-refractivity contribution in [3.8, 4) is 10.4 Å². The van der Waals surface area contributed by atoms with Crippen LogP contribution >= 0.6 is 11.3 Å². The van der Waals surface area contributed by atoms with Crippen LogP contribution in [0.25, 0.3) is 10.4 Å². The van der Waals surface area contributed by atoms with E-state index in [0.29, 0.717) is 28.7 Å². The average Bonchev–Trinajstić information content (AvgIpc) is 3.64. The Morgan fingerprint density at radius 1 is 1.09 bits per heavy atom.